The lowest BCUT2D eigenvalue weighted by atomic mass is 10.3. The van der Waals surface area contributed by atoms with Crippen molar-refractivity contribution < 1.29 is 14.7 Å². The molecule has 0 fully saturated rings. The molecule has 3 N–H and O–H groups in total. The van der Waals surface area contributed by atoms with Gasteiger partial charge in [-0.15, -0.1) is 0 Å². The number of carboxylic acid groups (broad SMARTS) is 1. The van der Waals surface area contributed by atoms with Crippen molar-refractivity contribution in [3.05, 3.63) is 23.5 Å². The monoisotopic (exact) mass is 182 g/mol. The maximum Gasteiger partial charge on any atom is 0.352 e. The van der Waals surface area contributed by atoms with Crippen LogP contribution in [0.3, 0.4) is 0 Å². The van der Waals surface area contributed by atoms with Crippen LogP contribution in [0.4, 0.5) is 0 Å². The summed E-state index contributed by atoms with van der Waals surface area (Å²) in [4.78, 5) is 21.3. The molecule has 0 bridgehead atoms. The van der Waals surface area contributed by atoms with Gasteiger partial charge in [0.15, 0.2) is 0 Å². The number of rotatable bonds is 3. The van der Waals surface area contributed by atoms with Crippen molar-refractivity contribution in [1.82, 2.24) is 4.57 Å². The molecule has 0 radical (unpaired) electrons. The van der Waals surface area contributed by atoms with Gasteiger partial charge in [0.25, 0.3) is 0 Å². The Kier molecular flexibility index (Phi) is 2.36. The average Bonchev–Trinajstić information content (AvgIpc) is 2.30. The van der Waals surface area contributed by atoms with Crippen molar-refractivity contribution in [3.63, 3.8) is 0 Å². The number of primary amides is 1. The van der Waals surface area contributed by atoms with E-state index in [1.807, 2.05) is 0 Å². The van der Waals surface area contributed by atoms with Crippen molar-refractivity contribution in [3.8, 4) is 0 Å². The first-order valence-electron chi connectivity index (χ1n) is 3.69. The van der Waals surface area contributed by atoms with Gasteiger partial charge in [-0.3, -0.25) is 4.79 Å². The average molecular weight is 182 g/mol. The van der Waals surface area contributed by atoms with Crippen LogP contribution in [0.1, 0.15) is 16.1 Å². The first-order chi connectivity index (χ1) is 6.02. The van der Waals surface area contributed by atoms with Gasteiger partial charge in [0.05, 0.1) is 0 Å². The number of hydrogen-bond acceptors (Lipinski definition) is 2. The smallest absolute Gasteiger partial charge is 0.352 e. The number of carbonyl (C=O) groups excluding carboxylic acids is 1. The summed E-state index contributed by atoms with van der Waals surface area (Å²) in [5.74, 6) is -1.61. The molecule has 1 heterocycles. The molecule has 5 nitrogen and oxygen atoms in total. The summed E-state index contributed by atoms with van der Waals surface area (Å²) in [6, 6.07) is 1.63. The molecular formula is C8H10N2O3. The molecule has 1 aromatic rings. The van der Waals surface area contributed by atoms with Crippen LogP contribution in [0.2, 0.25) is 0 Å². The zero-order chi connectivity index (χ0) is 10.0. The highest BCUT2D eigenvalue weighted by Crippen LogP contribution is 2.09. The Bertz CT molecular complexity index is 354. The van der Waals surface area contributed by atoms with E-state index in [-0.39, 0.29) is 12.2 Å². The van der Waals surface area contributed by atoms with Gasteiger partial charge >= 0.3 is 5.97 Å². The summed E-state index contributed by atoms with van der Waals surface area (Å²) >= 11 is 0. The summed E-state index contributed by atoms with van der Waals surface area (Å²) in [6.45, 7) is 1.57. The van der Waals surface area contributed by atoms with Crippen LogP contribution < -0.4 is 5.73 Å². The van der Waals surface area contributed by atoms with Crippen LogP contribution in [0, 0.1) is 6.92 Å². The molecule has 1 aromatic heterocycles. The minimum absolute atomic E-state index is 0.102. The van der Waals surface area contributed by atoms with Crippen LogP contribution in [0.25, 0.3) is 0 Å². The number of aromatic nitrogens is 1. The van der Waals surface area contributed by atoms with Crippen molar-refractivity contribution in [2.45, 2.75) is 13.5 Å². The van der Waals surface area contributed by atoms with E-state index in [1.54, 1.807) is 13.0 Å². The number of aromatic carboxylic acids is 1. The van der Waals surface area contributed by atoms with E-state index >= 15 is 0 Å². The second kappa shape index (κ2) is 3.30. The molecule has 0 unspecified atom stereocenters. The van der Waals surface area contributed by atoms with Gasteiger partial charge in [0, 0.05) is 6.20 Å². The second-order valence-corrected chi connectivity index (χ2v) is 2.75. The molecule has 0 saturated carbocycles. The molecule has 0 saturated heterocycles. The first-order valence-corrected chi connectivity index (χ1v) is 3.69. The predicted octanol–water partition coefficient (Wildman–Crippen LogP) is -0.0200. The third-order valence-corrected chi connectivity index (χ3v) is 1.69. The van der Waals surface area contributed by atoms with E-state index < -0.39 is 11.9 Å². The van der Waals surface area contributed by atoms with Gasteiger partial charge in [0.1, 0.15) is 12.2 Å². The fraction of sp³-hybridized carbons (Fsp3) is 0.250. The summed E-state index contributed by atoms with van der Waals surface area (Å²) in [5, 5.41) is 8.78. The van der Waals surface area contributed by atoms with E-state index in [4.69, 9.17) is 10.8 Å². The van der Waals surface area contributed by atoms with Crippen LogP contribution >= 0.6 is 0 Å². The van der Waals surface area contributed by atoms with Crippen molar-refractivity contribution >= 4 is 11.9 Å². The topological polar surface area (TPSA) is 85.3 Å². The number of carboxylic acids is 1. The van der Waals surface area contributed by atoms with Gasteiger partial charge in [-0.25, -0.2) is 4.79 Å². The molecule has 1 rings (SSSR count). The molecule has 0 atom stereocenters. The zero-order valence-corrected chi connectivity index (χ0v) is 7.15. The quantitative estimate of drug-likeness (QED) is 0.688. The maximum atomic E-state index is 10.7. The highest BCUT2D eigenvalue weighted by molar-refractivity contribution is 5.88. The molecule has 0 aromatic carbocycles. The van der Waals surface area contributed by atoms with Crippen LogP contribution in [0.5, 0.6) is 0 Å². The minimum Gasteiger partial charge on any atom is -0.477 e. The molecule has 0 aliphatic carbocycles. The highest BCUT2D eigenvalue weighted by Gasteiger charge is 2.13. The van der Waals surface area contributed by atoms with E-state index in [0.717, 1.165) is 0 Å². The van der Waals surface area contributed by atoms with Crippen LogP contribution in [-0.4, -0.2) is 21.6 Å². The molecule has 0 aliphatic heterocycles. The SMILES string of the molecule is Cc1ccn(CC(N)=O)c1C(=O)O. The summed E-state index contributed by atoms with van der Waals surface area (Å²) in [6.07, 6.45) is 1.53. The summed E-state index contributed by atoms with van der Waals surface area (Å²) in [7, 11) is 0. The Morgan fingerprint density at radius 2 is 2.23 bits per heavy atom. The predicted molar refractivity (Wildman–Crippen MR) is 45.3 cm³/mol. The third-order valence-electron chi connectivity index (χ3n) is 1.69. The van der Waals surface area contributed by atoms with Gasteiger partial charge in [0.2, 0.25) is 5.91 Å². The third kappa shape index (κ3) is 1.87. The Morgan fingerprint density at radius 1 is 1.62 bits per heavy atom. The number of nitrogens with zero attached hydrogens (tertiary/aromatic N) is 1. The molecule has 0 aliphatic rings. The van der Waals surface area contributed by atoms with E-state index in [2.05, 4.69) is 0 Å². The Balaban J connectivity index is 3.07. The largest absolute Gasteiger partial charge is 0.477 e. The molecule has 0 spiro atoms. The molecule has 70 valence electrons. The first kappa shape index (κ1) is 9.31. The van der Waals surface area contributed by atoms with Crippen molar-refractivity contribution in [2.24, 2.45) is 5.73 Å². The fourth-order valence-corrected chi connectivity index (χ4v) is 1.17. The van der Waals surface area contributed by atoms with Gasteiger partial charge in [-0.05, 0) is 18.6 Å². The maximum absolute atomic E-state index is 10.7. The molecule has 1 amide bonds. The lowest BCUT2D eigenvalue weighted by molar-refractivity contribution is -0.118. The van der Waals surface area contributed by atoms with Crippen molar-refractivity contribution in [2.75, 3.05) is 0 Å². The van der Waals surface area contributed by atoms with Gasteiger partial charge in [-0.2, -0.15) is 0 Å². The van der Waals surface area contributed by atoms with E-state index in [1.165, 1.54) is 10.8 Å². The van der Waals surface area contributed by atoms with Crippen molar-refractivity contribution in [1.29, 1.82) is 0 Å². The molecular weight excluding hydrogens is 172 g/mol. The zero-order valence-electron chi connectivity index (χ0n) is 7.15. The summed E-state index contributed by atoms with van der Waals surface area (Å²) < 4.78 is 1.32. The van der Waals surface area contributed by atoms with E-state index in [0.29, 0.717) is 5.56 Å². The van der Waals surface area contributed by atoms with Crippen LogP contribution in [-0.2, 0) is 11.3 Å². The minimum atomic E-state index is -1.05. The van der Waals surface area contributed by atoms with E-state index in [9.17, 15) is 9.59 Å². The molecule has 13 heavy (non-hydrogen) atoms. The van der Waals surface area contributed by atoms with Crippen LogP contribution in [0.15, 0.2) is 12.3 Å². The number of amides is 1. The summed E-state index contributed by atoms with van der Waals surface area (Å²) in [5.41, 5.74) is 5.68. The molecule has 5 heteroatoms. The number of hydrogen-bond donors (Lipinski definition) is 2. The Hall–Kier alpha value is -1.78. The fourth-order valence-electron chi connectivity index (χ4n) is 1.17. The lowest BCUT2D eigenvalue weighted by Crippen LogP contribution is -2.21. The lowest BCUT2D eigenvalue weighted by Gasteiger charge is -2.02. The normalized spacial score (nSPS) is 9.92. The number of aryl methyl sites for hydroxylation is 1. The van der Waals surface area contributed by atoms with Gasteiger partial charge in [-0.1, -0.05) is 0 Å². The second-order valence-electron chi connectivity index (χ2n) is 2.75. The standard InChI is InChI=1S/C8H10N2O3/c1-5-2-3-10(4-6(9)11)7(5)8(12)13/h2-3H,4H2,1H3,(H2,9,11)(H,12,13). The highest BCUT2D eigenvalue weighted by atomic mass is 16.4. The Morgan fingerprint density at radius 3 is 2.69 bits per heavy atom. The van der Waals surface area contributed by atoms with Gasteiger partial charge < -0.3 is 15.4 Å². The number of nitrogens with two attached hydrogens (primary N) is 1. The Labute approximate surface area is 74.8 Å². The number of carbonyl (C=O) groups is 2.